The molecule has 2 aliphatic heterocycles. The summed E-state index contributed by atoms with van der Waals surface area (Å²) in [6, 6.07) is 8.21. The molecule has 152 valence electrons. The van der Waals surface area contributed by atoms with Crippen molar-refractivity contribution in [3.05, 3.63) is 46.5 Å². The van der Waals surface area contributed by atoms with Crippen LogP contribution in [0.1, 0.15) is 23.5 Å². The molecule has 0 amide bonds. The molecule has 7 heteroatoms. The number of hydrogen-bond acceptors (Lipinski definition) is 5. The molecule has 1 N–H and O–H groups in total. The molecule has 0 radical (unpaired) electrons. The monoisotopic (exact) mass is 403 g/mol. The Morgan fingerprint density at radius 2 is 2.14 bits per heavy atom. The Hall–Kier alpha value is -1.83. The molecule has 0 aromatic carbocycles. The SMILES string of the molecule is c1coc(CCNC(=NCCc2cccs2)N2CCOC(C3CCCO3)C2)c1. The number of hydrogen-bond donors (Lipinski definition) is 1. The Morgan fingerprint density at radius 1 is 1.18 bits per heavy atom. The van der Waals surface area contributed by atoms with E-state index in [4.69, 9.17) is 18.9 Å². The molecular formula is C21H29N3O3S. The Morgan fingerprint density at radius 3 is 2.93 bits per heavy atom. The molecule has 2 saturated heterocycles. The quantitative estimate of drug-likeness (QED) is 0.569. The standard InChI is InChI=1S/C21H29N3O3S/c1-4-17(25-12-1)7-9-22-21(23-10-8-18-5-3-15-28-18)24-11-14-27-20(16-24)19-6-2-13-26-19/h1,3-5,12,15,19-20H,2,6-11,13-14,16H2,(H,22,23). The highest BCUT2D eigenvalue weighted by Crippen LogP contribution is 2.21. The van der Waals surface area contributed by atoms with Gasteiger partial charge in [-0.25, -0.2) is 0 Å². The molecule has 2 aromatic rings. The van der Waals surface area contributed by atoms with Crippen LogP contribution in [-0.2, 0) is 22.3 Å². The van der Waals surface area contributed by atoms with Gasteiger partial charge < -0.3 is 24.1 Å². The van der Waals surface area contributed by atoms with Gasteiger partial charge in [0.1, 0.15) is 11.9 Å². The van der Waals surface area contributed by atoms with Gasteiger partial charge in [-0.05, 0) is 36.4 Å². The average molecular weight is 404 g/mol. The van der Waals surface area contributed by atoms with Gasteiger partial charge in [0.15, 0.2) is 5.96 Å². The van der Waals surface area contributed by atoms with Crippen LogP contribution in [0.15, 0.2) is 45.3 Å². The number of nitrogens with zero attached hydrogens (tertiary/aromatic N) is 2. The van der Waals surface area contributed by atoms with Crippen LogP contribution in [0, 0.1) is 0 Å². The molecule has 2 unspecified atom stereocenters. The maximum atomic E-state index is 6.01. The fourth-order valence-electron chi connectivity index (χ4n) is 3.74. The van der Waals surface area contributed by atoms with Crippen molar-refractivity contribution in [3.8, 4) is 0 Å². The lowest BCUT2D eigenvalue weighted by molar-refractivity contribution is -0.0817. The third-order valence-electron chi connectivity index (χ3n) is 5.21. The smallest absolute Gasteiger partial charge is 0.194 e. The lowest BCUT2D eigenvalue weighted by Crippen LogP contribution is -2.53. The molecule has 0 bridgehead atoms. The fourth-order valence-corrected chi connectivity index (χ4v) is 4.43. The fraction of sp³-hybridized carbons (Fsp3) is 0.571. The summed E-state index contributed by atoms with van der Waals surface area (Å²) in [7, 11) is 0. The van der Waals surface area contributed by atoms with Crippen molar-refractivity contribution in [1.29, 1.82) is 0 Å². The minimum Gasteiger partial charge on any atom is -0.469 e. The first-order valence-electron chi connectivity index (χ1n) is 10.2. The Balaban J connectivity index is 1.36. The van der Waals surface area contributed by atoms with E-state index in [9.17, 15) is 0 Å². The van der Waals surface area contributed by atoms with Gasteiger partial charge in [-0.3, -0.25) is 4.99 Å². The van der Waals surface area contributed by atoms with E-state index < -0.39 is 0 Å². The second kappa shape index (κ2) is 10.1. The van der Waals surface area contributed by atoms with Crippen molar-refractivity contribution in [2.24, 2.45) is 4.99 Å². The summed E-state index contributed by atoms with van der Waals surface area (Å²) in [5.41, 5.74) is 0. The van der Waals surface area contributed by atoms with Crippen LogP contribution in [0.5, 0.6) is 0 Å². The molecule has 0 aliphatic carbocycles. The zero-order valence-corrected chi connectivity index (χ0v) is 17.0. The second-order valence-electron chi connectivity index (χ2n) is 7.20. The van der Waals surface area contributed by atoms with E-state index >= 15 is 0 Å². The van der Waals surface area contributed by atoms with Gasteiger partial charge >= 0.3 is 0 Å². The van der Waals surface area contributed by atoms with Crippen LogP contribution in [-0.4, -0.2) is 62.5 Å². The van der Waals surface area contributed by atoms with Gasteiger partial charge in [0.2, 0.25) is 0 Å². The predicted octanol–water partition coefficient (Wildman–Crippen LogP) is 2.95. The summed E-state index contributed by atoms with van der Waals surface area (Å²) in [6.07, 6.45) is 6.11. The number of morpholine rings is 1. The average Bonchev–Trinajstić information content (AvgIpc) is 3.50. The molecule has 4 heterocycles. The van der Waals surface area contributed by atoms with Gasteiger partial charge in [-0.2, -0.15) is 0 Å². The highest BCUT2D eigenvalue weighted by atomic mass is 32.1. The zero-order valence-electron chi connectivity index (χ0n) is 16.2. The molecule has 0 spiro atoms. The van der Waals surface area contributed by atoms with E-state index in [2.05, 4.69) is 27.7 Å². The molecule has 2 atom stereocenters. The Bertz CT molecular complexity index is 711. The van der Waals surface area contributed by atoms with Crippen LogP contribution in [0.3, 0.4) is 0 Å². The molecule has 6 nitrogen and oxygen atoms in total. The maximum absolute atomic E-state index is 6.01. The van der Waals surface area contributed by atoms with Crippen LogP contribution in [0.4, 0.5) is 0 Å². The van der Waals surface area contributed by atoms with E-state index in [0.29, 0.717) is 6.61 Å². The lowest BCUT2D eigenvalue weighted by atomic mass is 10.1. The summed E-state index contributed by atoms with van der Waals surface area (Å²) in [5.74, 6) is 1.96. The zero-order chi connectivity index (χ0) is 19.0. The summed E-state index contributed by atoms with van der Waals surface area (Å²) in [4.78, 5) is 8.61. The van der Waals surface area contributed by atoms with Crippen LogP contribution in [0.25, 0.3) is 0 Å². The van der Waals surface area contributed by atoms with E-state index in [-0.39, 0.29) is 12.2 Å². The number of rotatable bonds is 7. The molecule has 0 saturated carbocycles. The van der Waals surface area contributed by atoms with Crippen molar-refractivity contribution in [3.63, 3.8) is 0 Å². The van der Waals surface area contributed by atoms with E-state index in [1.54, 1.807) is 17.6 Å². The summed E-state index contributed by atoms with van der Waals surface area (Å²) in [6.45, 7) is 4.84. The first-order chi connectivity index (χ1) is 13.9. The normalized spacial score (nSPS) is 23.3. The molecule has 28 heavy (non-hydrogen) atoms. The van der Waals surface area contributed by atoms with Crippen molar-refractivity contribution >= 4 is 17.3 Å². The van der Waals surface area contributed by atoms with E-state index in [1.807, 2.05) is 12.1 Å². The Labute approximate surface area is 170 Å². The van der Waals surface area contributed by atoms with Crippen molar-refractivity contribution in [2.45, 2.75) is 37.9 Å². The predicted molar refractivity (Wildman–Crippen MR) is 111 cm³/mol. The van der Waals surface area contributed by atoms with Crippen LogP contribution >= 0.6 is 11.3 Å². The number of aliphatic imine (C=N–C) groups is 1. The third-order valence-corrected chi connectivity index (χ3v) is 6.14. The van der Waals surface area contributed by atoms with Crippen molar-refractivity contribution in [2.75, 3.05) is 39.4 Å². The molecule has 2 fully saturated rings. The first kappa shape index (κ1) is 19.5. The van der Waals surface area contributed by atoms with Crippen LogP contribution < -0.4 is 5.32 Å². The minimum atomic E-state index is 0.130. The summed E-state index contributed by atoms with van der Waals surface area (Å²) < 4.78 is 17.3. The van der Waals surface area contributed by atoms with Crippen molar-refractivity contribution < 1.29 is 13.9 Å². The first-order valence-corrected chi connectivity index (χ1v) is 11.1. The number of furan rings is 1. The molecule has 4 rings (SSSR count). The Kier molecular flexibility index (Phi) is 7.02. The van der Waals surface area contributed by atoms with E-state index in [1.165, 1.54) is 4.88 Å². The van der Waals surface area contributed by atoms with Crippen LogP contribution in [0.2, 0.25) is 0 Å². The minimum absolute atomic E-state index is 0.130. The third kappa shape index (κ3) is 5.37. The topological polar surface area (TPSA) is 59.2 Å². The lowest BCUT2D eigenvalue weighted by Gasteiger charge is -2.37. The van der Waals surface area contributed by atoms with Gasteiger partial charge in [0, 0.05) is 50.5 Å². The number of ether oxygens (including phenoxy) is 2. The molecule has 2 aromatic heterocycles. The highest BCUT2D eigenvalue weighted by Gasteiger charge is 2.32. The van der Waals surface area contributed by atoms with Crippen molar-refractivity contribution in [1.82, 2.24) is 10.2 Å². The van der Waals surface area contributed by atoms with Gasteiger partial charge in [0.05, 0.1) is 19.0 Å². The largest absolute Gasteiger partial charge is 0.469 e. The highest BCUT2D eigenvalue weighted by molar-refractivity contribution is 7.09. The number of nitrogens with one attached hydrogen (secondary N) is 1. The number of guanidine groups is 1. The number of thiophene rings is 1. The summed E-state index contributed by atoms with van der Waals surface area (Å²) >= 11 is 1.79. The van der Waals surface area contributed by atoms with Gasteiger partial charge in [-0.15, -0.1) is 11.3 Å². The van der Waals surface area contributed by atoms with Gasteiger partial charge in [-0.1, -0.05) is 6.07 Å². The summed E-state index contributed by atoms with van der Waals surface area (Å²) in [5, 5.41) is 5.66. The van der Waals surface area contributed by atoms with E-state index in [0.717, 1.165) is 70.2 Å². The maximum Gasteiger partial charge on any atom is 0.194 e. The van der Waals surface area contributed by atoms with Gasteiger partial charge in [0.25, 0.3) is 0 Å². The molecular weight excluding hydrogens is 374 g/mol. The molecule has 2 aliphatic rings. The second-order valence-corrected chi connectivity index (χ2v) is 8.23.